The van der Waals surface area contributed by atoms with Crippen molar-refractivity contribution in [2.45, 2.75) is 51.3 Å². The number of hydrogen-bond donors (Lipinski definition) is 2. The monoisotopic (exact) mass is 421 g/mol. The third-order valence-electron chi connectivity index (χ3n) is 5.95. The Hall–Kier alpha value is -3.04. The standard InChI is InChI=1S/C22H27N7O2/c1-2-18(7-15-3-4-15)28-11-17(9-25-28)22-21-5-6-23-29(21)13-20(26-22)16-8-24-27(10-16)12-19(31)14-30/h5-6,8-11,13,15,18-19,30-31H,2-4,7,12,14H2,1H3/t18-,19-/m1/s1. The molecule has 1 aliphatic rings. The third kappa shape index (κ3) is 4.11. The van der Waals surface area contributed by atoms with Crippen LogP contribution in [0.3, 0.4) is 0 Å². The fraction of sp³-hybridized carbons (Fsp3) is 0.455. The van der Waals surface area contributed by atoms with Gasteiger partial charge in [-0.2, -0.15) is 15.3 Å². The fourth-order valence-electron chi connectivity index (χ4n) is 4.01. The van der Waals surface area contributed by atoms with Crippen molar-refractivity contribution < 1.29 is 10.2 Å². The second-order valence-corrected chi connectivity index (χ2v) is 8.37. The molecule has 4 heterocycles. The van der Waals surface area contributed by atoms with Crippen LogP contribution in [-0.4, -0.2) is 57.1 Å². The molecule has 162 valence electrons. The van der Waals surface area contributed by atoms with Gasteiger partial charge in [0.1, 0.15) is 0 Å². The van der Waals surface area contributed by atoms with Gasteiger partial charge in [-0.1, -0.05) is 19.8 Å². The summed E-state index contributed by atoms with van der Waals surface area (Å²) in [6.07, 6.45) is 15.2. The van der Waals surface area contributed by atoms with Crippen LogP contribution >= 0.6 is 0 Å². The van der Waals surface area contributed by atoms with E-state index in [1.807, 2.05) is 29.2 Å². The molecule has 1 aliphatic carbocycles. The quantitative estimate of drug-likeness (QED) is 0.430. The van der Waals surface area contributed by atoms with Crippen LogP contribution < -0.4 is 0 Å². The number of rotatable bonds is 9. The molecule has 9 nitrogen and oxygen atoms in total. The summed E-state index contributed by atoms with van der Waals surface area (Å²) in [4.78, 5) is 4.92. The normalized spacial score (nSPS) is 16.1. The molecule has 5 rings (SSSR count). The first-order chi connectivity index (χ1) is 15.1. The van der Waals surface area contributed by atoms with Crippen LogP contribution in [0, 0.1) is 5.92 Å². The minimum atomic E-state index is -0.849. The van der Waals surface area contributed by atoms with Gasteiger partial charge in [-0.25, -0.2) is 9.50 Å². The Labute approximate surface area is 180 Å². The van der Waals surface area contributed by atoms with Crippen molar-refractivity contribution >= 4 is 5.52 Å². The summed E-state index contributed by atoms with van der Waals surface area (Å²) in [5.41, 5.74) is 4.25. The predicted octanol–water partition coefficient (Wildman–Crippen LogP) is 2.56. The lowest BCUT2D eigenvalue weighted by Gasteiger charge is -2.14. The summed E-state index contributed by atoms with van der Waals surface area (Å²) in [7, 11) is 0. The van der Waals surface area contributed by atoms with Gasteiger partial charge in [-0.05, 0) is 24.8 Å². The molecule has 0 spiro atoms. The van der Waals surface area contributed by atoms with E-state index in [0.29, 0.717) is 6.04 Å². The molecule has 4 aromatic rings. The summed E-state index contributed by atoms with van der Waals surface area (Å²) in [6.45, 7) is 2.13. The Kier molecular flexibility index (Phi) is 5.29. The Morgan fingerprint density at radius 2 is 1.94 bits per heavy atom. The van der Waals surface area contributed by atoms with Gasteiger partial charge in [0, 0.05) is 23.5 Å². The molecule has 0 amide bonds. The summed E-state index contributed by atoms with van der Waals surface area (Å²) in [5, 5.41) is 32.1. The lowest BCUT2D eigenvalue weighted by Crippen LogP contribution is -2.19. The van der Waals surface area contributed by atoms with Crippen molar-refractivity contribution in [3.63, 3.8) is 0 Å². The number of aliphatic hydroxyl groups excluding tert-OH is 2. The van der Waals surface area contributed by atoms with Crippen LogP contribution in [0.5, 0.6) is 0 Å². The Morgan fingerprint density at radius 1 is 1.10 bits per heavy atom. The molecular formula is C22H27N7O2. The van der Waals surface area contributed by atoms with Crippen molar-refractivity contribution in [1.82, 2.24) is 34.2 Å². The lowest BCUT2D eigenvalue weighted by atomic mass is 10.1. The van der Waals surface area contributed by atoms with Gasteiger partial charge in [-0.3, -0.25) is 9.36 Å². The highest BCUT2D eigenvalue weighted by molar-refractivity contribution is 5.78. The second kappa shape index (κ2) is 8.24. The van der Waals surface area contributed by atoms with Crippen LogP contribution in [0.1, 0.15) is 38.6 Å². The first-order valence-electron chi connectivity index (χ1n) is 10.8. The average Bonchev–Trinajstić information content (AvgIpc) is 3.18. The van der Waals surface area contributed by atoms with Crippen LogP contribution in [-0.2, 0) is 6.54 Å². The van der Waals surface area contributed by atoms with Gasteiger partial charge in [0.25, 0.3) is 0 Å². The van der Waals surface area contributed by atoms with E-state index in [4.69, 9.17) is 10.1 Å². The largest absolute Gasteiger partial charge is 0.394 e. The van der Waals surface area contributed by atoms with Crippen molar-refractivity contribution in [2.24, 2.45) is 5.92 Å². The van der Waals surface area contributed by atoms with Crippen molar-refractivity contribution in [2.75, 3.05) is 6.61 Å². The molecule has 0 unspecified atom stereocenters. The van der Waals surface area contributed by atoms with Gasteiger partial charge in [0.05, 0.1) is 67.0 Å². The van der Waals surface area contributed by atoms with E-state index in [0.717, 1.165) is 40.4 Å². The molecule has 2 N–H and O–H groups in total. The first kappa shape index (κ1) is 19.9. The second-order valence-electron chi connectivity index (χ2n) is 8.37. The van der Waals surface area contributed by atoms with Crippen LogP contribution in [0.15, 0.2) is 43.2 Å². The minimum absolute atomic E-state index is 0.222. The van der Waals surface area contributed by atoms with Crippen LogP contribution in [0.2, 0.25) is 0 Å². The molecule has 1 fully saturated rings. The molecule has 1 saturated carbocycles. The van der Waals surface area contributed by atoms with E-state index in [2.05, 4.69) is 33.1 Å². The Bertz CT molecular complexity index is 1170. The van der Waals surface area contributed by atoms with Crippen LogP contribution in [0.4, 0.5) is 0 Å². The van der Waals surface area contributed by atoms with Gasteiger partial charge >= 0.3 is 0 Å². The zero-order chi connectivity index (χ0) is 21.4. The van der Waals surface area contributed by atoms with E-state index in [9.17, 15) is 5.11 Å². The topological polar surface area (TPSA) is 106 Å². The molecule has 2 atom stereocenters. The number of aliphatic hydroxyl groups is 2. The average molecular weight is 422 g/mol. The number of aromatic nitrogens is 7. The summed E-state index contributed by atoms with van der Waals surface area (Å²) in [6, 6.07) is 2.37. The van der Waals surface area contributed by atoms with E-state index in [1.54, 1.807) is 17.1 Å². The number of hydrogen-bond acceptors (Lipinski definition) is 6. The molecule has 0 aliphatic heterocycles. The van der Waals surface area contributed by atoms with Gasteiger partial charge in [-0.15, -0.1) is 0 Å². The molecule has 0 bridgehead atoms. The third-order valence-corrected chi connectivity index (χ3v) is 5.95. The molecule has 0 radical (unpaired) electrons. The molecule has 0 saturated heterocycles. The highest BCUT2D eigenvalue weighted by Gasteiger charge is 2.26. The Balaban J connectivity index is 1.49. The SMILES string of the molecule is CC[C@H](CC1CC1)n1cc(-c2nc(-c3cnn(C[C@@H](O)CO)c3)cn3nccc23)cn1. The zero-order valence-electron chi connectivity index (χ0n) is 17.5. The predicted molar refractivity (Wildman–Crippen MR) is 115 cm³/mol. The highest BCUT2D eigenvalue weighted by atomic mass is 16.3. The molecular weight excluding hydrogens is 394 g/mol. The first-order valence-corrected chi connectivity index (χ1v) is 10.8. The molecule has 4 aromatic heterocycles. The summed E-state index contributed by atoms with van der Waals surface area (Å²) >= 11 is 0. The number of nitrogens with zero attached hydrogens (tertiary/aromatic N) is 7. The van der Waals surface area contributed by atoms with E-state index in [-0.39, 0.29) is 13.2 Å². The summed E-state index contributed by atoms with van der Waals surface area (Å²) < 4.78 is 5.51. The van der Waals surface area contributed by atoms with Crippen molar-refractivity contribution in [1.29, 1.82) is 0 Å². The minimum Gasteiger partial charge on any atom is -0.394 e. The maximum Gasteiger partial charge on any atom is 0.0999 e. The summed E-state index contributed by atoms with van der Waals surface area (Å²) in [5.74, 6) is 0.849. The van der Waals surface area contributed by atoms with E-state index in [1.165, 1.54) is 19.3 Å². The van der Waals surface area contributed by atoms with Gasteiger partial charge in [0.15, 0.2) is 0 Å². The van der Waals surface area contributed by atoms with E-state index < -0.39 is 6.10 Å². The van der Waals surface area contributed by atoms with Crippen molar-refractivity contribution in [3.05, 3.63) is 43.2 Å². The molecule has 9 heteroatoms. The maximum absolute atomic E-state index is 9.67. The zero-order valence-corrected chi connectivity index (χ0v) is 17.5. The fourth-order valence-corrected chi connectivity index (χ4v) is 4.01. The maximum atomic E-state index is 9.67. The molecule has 0 aromatic carbocycles. The number of fused-ring (bicyclic) bond motifs is 1. The van der Waals surface area contributed by atoms with E-state index >= 15 is 0 Å². The van der Waals surface area contributed by atoms with Crippen LogP contribution in [0.25, 0.3) is 28.0 Å². The highest BCUT2D eigenvalue weighted by Crippen LogP contribution is 2.38. The van der Waals surface area contributed by atoms with Gasteiger partial charge in [0.2, 0.25) is 0 Å². The van der Waals surface area contributed by atoms with Crippen molar-refractivity contribution in [3.8, 4) is 22.5 Å². The van der Waals surface area contributed by atoms with Gasteiger partial charge < -0.3 is 10.2 Å². The molecule has 31 heavy (non-hydrogen) atoms. The Morgan fingerprint density at radius 3 is 2.71 bits per heavy atom. The smallest absolute Gasteiger partial charge is 0.0999 e. The lowest BCUT2D eigenvalue weighted by molar-refractivity contribution is 0.0783.